The van der Waals surface area contributed by atoms with E-state index in [0.29, 0.717) is 24.8 Å². The number of fused-ring (bicyclic) bond motifs is 1. The van der Waals surface area contributed by atoms with Gasteiger partial charge in [-0.25, -0.2) is 4.39 Å². The van der Waals surface area contributed by atoms with Gasteiger partial charge in [-0.2, -0.15) is 13.2 Å². The molecule has 26 heavy (non-hydrogen) atoms. The normalized spacial score (nSPS) is 20.8. The van der Waals surface area contributed by atoms with E-state index < -0.39 is 17.6 Å². The Labute approximate surface area is 148 Å². The Balaban J connectivity index is 1.77. The summed E-state index contributed by atoms with van der Waals surface area (Å²) >= 11 is 0. The molecule has 0 aromatic heterocycles. The molecule has 2 aromatic carbocycles. The molecule has 2 aromatic rings. The number of hydrogen-bond donors (Lipinski definition) is 0. The first-order chi connectivity index (χ1) is 12.3. The van der Waals surface area contributed by atoms with Crippen molar-refractivity contribution in [1.82, 2.24) is 0 Å². The molecule has 1 aliphatic rings. The molecule has 0 heterocycles. The SMILES string of the molecule is C=CC1CCC(C(=O)Oc2ccc3c(F)c(C(F)(F)F)ccc3c2)CC1. The van der Waals surface area contributed by atoms with Crippen molar-refractivity contribution in [3.05, 3.63) is 54.4 Å². The Hall–Kier alpha value is -2.37. The van der Waals surface area contributed by atoms with Crippen LogP contribution in [-0.4, -0.2) is 5.97 Å². The maximum absolute atomic E-state index is 14.1. The van der Waals surface area contributed by atoms with Gasteiger partial charge in [-0.3, -0.25) is 4.79 Å². The second kappa shape index (κ2) is 7.09. The molecule has 0 bridgehead atoms. The Kier molecular flexibility index (Phi) is 5.03. The molecule has 0 radical (unpaired) electrons. The summed E-state index contributed by atoms with van der Waals surface area (Å²) < 4.78 is 57.8. The molecule has 1 fully saturated rings. The van der Waals surface area contributed by atoms with Gasteiger partial charge < -0.3 is 4.74 Å². The molecule has 1 saturated carbocycles. The predicted molar refractivity (Wildman–Crippen MR) is 90.2 cm³/mol. The van der Waals surface area contributed by atoms with Crippen LogP contribution in [0.15, 0.2) is 43.0 Å². The topological polar surface area (TPSA) is 26.3 Å². The van der Waals surface area contributed by atoms with Crippen molar-refractivity contribution in [3.63, 3.8) is 0 Å². The average molecular weight is 366 g/mol. The minimum atomic E-state index is -4.76. The number of ether oxygens (including phenoxy) is 1. The van der Waals surface area contributed by atoms with Gasteiger partial charge in [0.25, 0.3) is 0 Å². The summed E-state index contributed by atoms with van der Waals surface area (Å²) in [7, 11) is 0. The molecule has 0 unspecified atom stereocenters. The molecule has 0 atom stereocenters. The van der Waals surface area contributed by atoms with Crippen molar-refractivity contribution < 1.29 is 27.1 Å². The van der Waals surface area contributed by atoms with Gasteiger partial charge in [0.05, 0.1) is 11.5 Å². The Bertz CT molecular complexity index is 834. The van der Waals surface area contributed by atoms with E-state index in [1.54, 1.807) is 0 Å². The maximum Gasteiger partial charge on any atom is 0.419 e. The van der Waals surface area contributed by atoms with Crippen LogP contribution in [0.4, 0.5) is 17.6 Å². The molecular formula is C20H18F4O2. The first-order valence-electron chi connectivity index (χ1n) is 8.43. The van der Waals surface area contributed by atoms with E-state index in [4.69, 9.17) is 4.74 Å². The number of carbonyl (C=O) groups excluding carboxylic acids is 1. The minimum absolute atomic E-state index is 0.161. The maximum atomic E-state index is 14.1. The summed E-state index contributed by atoms with van der Waals surface area (Å²) in [6.07, 6.45) is 0.334. The summed E-state index contributed by atoms with van der Waals surface area (Å²) in [6, 6.07) is 5.77. The number of rotatable bonds is 3. The lowest BCUT2D eigenvalue weighted by atomic mass is 9.82. The van der Waals surface area contributed by atoms with Crippen molar-refractivity contribution in [2.75, 3.05) is 0 Å². The largest absolute Gasteiger partial charge is 0.426 e. The van der Waals surface area contributed by atoms with Gasteiger partial charge in [-0.1, -0.05) is 12.1 Å². The Morgan fingerprint density at radius 3 is 2.42 bits per heavy atom. The fraction of sp³-hybridized carbons (Fsp3) is 0.350. The average Bonchev–Trinajstić information content (AvgIpc) is 2.61. The van der Waals surface area contributed by atoms with Crippen molar-refractivity contribution in [2.45, 2.75) is 31.9 Å². The van der Waals surface area contributed by atoms with Crippen LogP contribution >= 0.6 is 0 Å². The number of halogens is 4. The smallest absolute Gasteiger partial charge is 0.419 e. The predicted octanol–water partition coefficient (Wildman–Crippen LogP) is 5.90. The lowest BCUT2D eigenvalue weighted by Crippen LogP contribution is -2.25. The van der Waals surface area contributed by atoms with Crippen LogP contribution < -0.4 is 4.74 Å². The van der Waals surface area contributed by atoms with Crippen molar-refractivity contribution in [2.24, 2.45) is 11.8 Å². The molecule has 3 rings (SSSR count). The molecule has 0 aliphatic heterocycles. The fourth-order valence-corrected chi connectivity index (χ4v) is 3.34. The third-order valence-electron chi connectivity index (χ3n) is 4.89. The van der Waals surface area contributed by atoms with Gasteiger partial charge in [0.1, 0.15) is 11.6 Å². The number of esters is 1. The number of allylic oxidation sites excluding steroid dienone is 1. The highest BCUT2D eigenvalue weighted by atomic mass is 19.4. The van der Waals surface area contributed by atoms with E-state index in [1.807, 2.05) is 6.08 Å². The fourth-order valence-electron chi connectivity index (χ4n) is 3.34. The zero-order valence-electron chi connectivity index (χ0n) is 14.0. The molecule has 1 aliphatic carbocycles. The quantitative estimate of drug-likeness (QED) is 0.293. The highest BCUT2D eigenvalue weighted by molar-refractivity contribution is 5.86. The van der Waals surface area contributed by atoms with Gasteiger partial charge in [0.2, 0.25) is 0 Å². The molecule has 0 N–H and O–H groups in total. The Morgan fingerprint density at radius 2 is 1.81 bits per heavy atom. The summed E-state index contributed by atoms with van der Waals surface area (Å²) in [5.74, 6) is -1.26. The van der Waals surface area contributed by atoms with Crippen LogP contribution in [-0.2, 0) is 11.0 Å². The van der Waals surface area contributed by atoms with Gasteiger partial charge in [0.15, 0.2) is 0 Å². The van der Waals surface area contributed by atoms with Crippen LogP contribution in [0.25, 0.3) is 10.8 Å². The first kappa shape index (κ1) is 18.4. The first-order valence-corrected chi connectivity index (χ1v) is 8.43. The zero-order chi connectivity index (χ0) is 18.9. The molecular weight excluding hydrogens is 348 g/mol. The van der Waals surface area contributed by atoms with E-state index >= 15 is 0 Å². The molecule has 2 nitrogen and oxygen atoms in total. The van der Waals surface area contributed by atoms with E-state index in [-0.39, 0.29) is 28.4 Å². The third-order valence-corrected chi connectivity index (χ3v) is 4.89. The minimum Gasteiger partial charge on any atom is -0.426 e. The third kappa shape index (κ3) is 3.74. The van der Waals surface area contributed by atoms with Crippen LogP contribution in [0.5, 0.6) is 5.75 Å². The molecule has 0 saturated heterocycles. The lowest BCUT2D eigenvalue weighted by Gasteiger charge is -2.25. The highest BCUT2D eigenvalue weighted by Gasteiger charge is 2.34. The van der Waals surface area contributed by atoms with E-state index in [1.165, 1.54) is 24.3 Å². The Morgan fingerprint density at radius 1 is 1.12 bits per heavy atom. The number of carbonyl (C=O) groups is 1. The number of alkyl halides is 3. The standard InChI is InChI=1S/C20H18F4O2/c1-2-12-3-5-13(6-4-12)19(25)26-15-8-9-16-14(11-15)7-10-17(18(16)21)20(22,23)24/h2,7-13H,1,3-6H2. The zero-order valence-corrected chi connectivity index (χ0v) is 14.0. The van der Waals surface area contributed by atoms with Gasteiger partial charge >= 0.3 is 12.1 Å². The van der Waals surface area contributed by atoms with Crippen LogP contribution in [0, 0.1) is 17.7 Å². The van der Waals surface area contributed by atoms with Gasteiger partial charge in [-0.05, 0) is 61.3 Å². The van der Waals surface area contributed by atoms with Crippen LogP contribution in [0.1, 0.15) is 31.2 Å². The molecule has 0 amide bonds. The van der Waals surface area contributed by atoms with Crippen molar-refractivity contribution >= 4 is 16.7 Å². The number of hydrogen-bond acceptors (Lipinski definition) is 2. The molecule has 138 valence electrons. The van der Waals surface area contributed by atoms with Crippen LogP contribution in [0.2, 0.25) is 0 Å². The van der Waals surface area contributed by atoms with E-state index in [0.717, 1.165) is 12.8 Å². The molecule has 6 heteroatoms. The van der Waals surface area contributed by atoms with Gasteiger partial charge in [0, 0.05) is 5.39 Å². The van der Waals surface area contributed by atoms with Gasteiger partial charge in [-0.15, -0.1) is 6.58 Å². The van der Waals surface area contributed by atoms with Crippen molar-refractivity contribution in [1.29, 1.82) is 0 Å². The number of benzene rings is 2. The van der Waals surface area contributed by atoms with Crippen molar-refractivity contribution in [3.8, 4) is 5.75 Å². The van der Waals surface area contributed by atoms with Crippen LogP contribution in [0.3, 0.4) is 0 Å². The summed E-state index contributed by atoms with van der Waals surface area (Å²) in [5.41, 5.74) is -1.31. The second-order valence-corrected chi connectivity index (χ2v) is 6.58. The van der Waals surface area contributed by atoms with E-state index in [2.05, 4.69) is 6.58 Å². The summed E-state index contributed by atoms with van der Waals surface area (Å²) in [5, 5.41) is 0.0854. The monoisotopic (exact) mass is 366 g/mol. The summed E-state index contributed by atoms with van der Waals surface area (Å²) in [4.78, 5) is 12.3. The van der Waals surface area contributed by atoms with E-state index in [9.17, 15) is 22.4 Å². The summed E-state index contributed by atoms with van der Waals surface area (Å²) in [6.45, 7) is 3.76. The highest BCUT2D eigenvalue weighted by Crippen LogP contribution is 2.36. The second-order valence-electron chi connectivity index (χ2n) is 6.58. The lowest BCUT2D eigenvalue weighted by molar-refractivity contribution is -0.140. The molecule has 0 spiro atoms.